The van der Waals surface area contributed by atoms with E-state index in [2.05, 4.69) is 15.5 Å². The van der Waals surface area contributed by atoms with Gasteiger partial charge in [-0.2, -0.15) is 0 Å². The highest BCUT2D eigenvalue weighted by molar-refractivity contribution is 5.74. The number of hydrogen-bond acceptors (Lipinski definition) is 5. The number of benzene rings is 1. The van der Waals surface area contributed by atoms with Crippen molar-refractivity contribution >= 4 is 11.4 Å². The van der Waals surface area contributed by atoms with Gasteiger partial charge in [-0.1, -0.05) is 12.8 Å². The molecule has 100 valence electrons. The molecule has 1 aromatic heterocycles. The first kappa shape index (κ1) is 12.0. The third kappa shape index (κ3) is 2.67. The Morgan fingerprint density at radius 3 is 2.84 bits per heavy atom. The molecule has 1 aliphatic carbocycles. The molecule has 0 atom stereocenters. The van der Waals surface area contributed by atoms with Gasteiger partial charge in [-0.15, -0.1) is 5.10 Å². The number of anilines is 2. The lowest BCUT2D eigenvalue weighted by Crippen LogP contribution is -2.05. The number of nitrogens with zero attached hydrogens (tertiary/aromatic N) is 4. The van der Waals surface area contributed by atoms with Crippen molar-refractivity contribution in [1.29, 1.82) is 0 Å². The first-order chi connectivity index (χ1) is 9.24. The normalized spacial score (nSPS) is 14.7. The Balaban J connectivity index is 1.77. The van der Waals surface area contributed by atoms with Crippen LogP contribution < -0.4 is 11.5 Å². The van der Waals surface area contributed by atoms with Crippen LogP contribution in [-0.4, -0.2) is 20.2 Å². The van der Waals surface area contributed by atoms with Crippen LogP contribution in [-0.2, 0) is 6.54 Å². The molecule has 3 rings (SSSR count). The van der Waals surface area contributed by atoms with Crippen molar-refractivity contribution in [3.05, 3.63) is 18.2 Å². The number of tetrazole rings is 1. The molecule has 19 heavy (non-hydrogen) atoms. The van der Waals surface area contributed by atoms with E-state index >= 15 is 0 Å². The van der Waals surface area contributed by atoms with Gasteiger partial charge in [-0.05, 0) is 47.4 Å². The lowest BCUT2D eigenvalue weighted by molar-refractivity contribution is 0.527. The topological polar surface area (TPSA) is 95.6 Å². The van der Waals surface area contributed by atoms with Crippen molar-refractivity contribution < 1.29 is 0 Å². The predicted molar refractivity (Wildman–Crippen MR) is 74.0 cm³/mol. The van der Waals surface area contributed by atoms with Crippen LogP contribution in [0.2, 0.25) is 0 Å². The molecule has 0 spiro atoms. The summed E-state index contributed by atoms with van der Waals surface area (Å²) in [5.41, 5.74) is 13.8. The molecule has 0 aliphatic heterocycles. The fourth-order valence-corrected chi connectivity index (χ4v) is 2.27. The van der Waals surface area contributed by atoms with Gasteiger partial charge in [0.2, 0.25) is 0 Å². The van der Waals surface area contributed by atoms with Crippen molar-refractivity contribution in [3.8, 4) is 11.4 Å². The Bertz CT molecular complexity index is 572. The highest BCUT2D eigenvalue weighted by Crippen LogP contribution is 2.33. The molecule has 0 radical (unpaired) electrons. The summed E-state index contributed by atoms with van der Waals surface area (Å²) in [5, 5.41) is 11.9. The first-order valence-electron chi connectivity index (χ1n) is 6.65. The van der Waals surface area contributed by atoms with Crippen LogP contribution in [0.1, 0.15) is 25.7 Å². The molecule has 1 aromatic carbocycles. The van der Waals surface area contributed by atoms with Gasteiger partial charge in [0.25, 0.3) is 0 Å². The minimum Gasteiger partial charge on any atom is -0.399 e. The quantitative estimate of drug-likeness (QED) is 0.796. The average molecular weight is 258 g/mol. The summed E-state index contributed by atoms with van der Waals surface area (Å²) in [6.45, 7) is 0.836. The van der Waals surface area contributed by atoms with Gasteiger partial charge < -0.3 is 11.5 Å². The highest BCUT2D eigenvalue weighted by atomic mass is 15.5. The van der Waals surface area contributed by atoms with Crippen molar-refractivity contribution in [2.24, 2.45) is 5.92 Å². The van der Waals surface area contributed by atoms with Gasteiger partial charge in [-0.25, -0.2) is 4.68 Å². The molecule has 1 aliphatic rings. The summed E-state index contributed by atoms with van der Waals surface area (Å²) < 4.78 is 1.82. The smallest absolute Gasteiger partial charge is 0.184 e. The van der Waals surface area contributed by atoms with E-state index < -0.39 is 0 Å². The molecule has 1 fully saturated rings. The van der Waals surface area contributed by atoms with Crippen LogP contribution in [0.15, 0.2) is 18.2 Å². The van der Waals surface area contributed by atoms with E-state index in [9.17, 15) is 0 Å². The Morgan fingerprint density at radius 2 is 2.11 bits per heavy atom. The second-order valence-electron chi connectivity index (χ2n) is 5.16. The van der Waals surface area contributed by atoms with Crippen molar-refractivity contribution in [3.63, 3.8) is 0 Å². The molecule has 6 nitrogen and oxygen atoms in total. The van der Waals surface area contributed by atoms with Gasteiger partial charge in [0.1, 0.15) is 0 Å². The summed E-state index contributed by atoms with van der Waals surface area (Å²) in [6, 6.07) is 5.42. The molecular formula is C13H18N6. The molecule has 4 N–H and O–H groups in total. The van der Waals surface area contributed by atoms with E-state index in [4.69, 9.17) is 11.5 Å². The fourth-order valence-electron chi connectivity index (χ4n) is 2.27. The van der Waals surface area contributed by atoms with Crippen LogP contribution in [0.25, 0.3) is 11.4 Å². The van der Waals surface area contributed by atoms with E-state index in [0.29, 0.717) is 17.2 Å². The highest BCUT2D eigenvalue weighted by Gasteiger charge is 2.20. The summed E-state index contributed by atoms with van der Waals surface area (Å²) in [5.74, 6) is 1.65. The maximum atomic E-state index is 5.98. The average Bonchev–Trinajstić information content (AvgIpc) is 3.08. The van der Waals surface area contributed by atoms with E-state index in [1.807, 2.05) is 16.8 Å². The van der Waals surface area contributed by atoms with E-state index in [-0.39, 0.29) is 0 Å². The monoisotopic (exact) mass is 258 g/mol. The first-order valence-corrected chi connectivity index (χ1v) is 6.65. The standard InChI is InChI=1S/C13H18N6/c14-10-5-6-11(12(15)8-10)13-16-17-18-19(13)7-1-2-9-3-4-9/h5-6,8-9H,1-4,7,14-15H2. The van der Waals surface area contributed by atoms with Gasteiger partial charge in [0.15, 0.2) is 5.82 Å². The largest absolute Gasteiger partial charge is 0.399 e. The predicted octanol–water partition coefficient (Wildman–Crippen LogP) is 1.69. The molecule has 0 bridgehead atoms. The van der Waals surface area contributed by atoms with Gasteiger partial charge >= 0.3 is 0 Å². The Kier molecular flexibility index (Phi) is 3.06. The molecule has 1 saturated carbocycles. The molecule has 0 saturated heterocycles. The molecular weight excluding hydrogens is 240 g/mol. The summed E-state index contributed by atoms with van der Waals surface area (Å²) in [7, 11) is 0. The summed E-state index contributed by atoms with van der Waals surface area (Å²) >= 11 is 0. The zero-order valence-corrected chi connectivity index (χ0v) is 10.8. The number of rotatable bonds is 5. The lowest BCUT2D eigenvalue weighted by atomic mass is 10.1. The van der Waals surface area contributed by atoms with Crippen LogP contribution in [0.5, 0.6) is 0 Å². The lowest BCUT2D eigenvalue weighted by Gasteiger charge is -2.07. The van der Waals surface area contributed by atoms with Crippen LogP contribution in [0, 0.1) is 5.92 Å². The van der Waals surface area contributed by atoms with Gasteiger partial charge in [0.05, 0.1) is 0 Å². The fraction of sp³-hybridized carbons (Fsp3) is 0.462. The SMILES string of the molecule is Nc1ccc(-c2nnnn2CCCC2CC2)c(N)c1. The van der Waals surface area contributed by atoms with E-state index in [1.54, 1.807) is 6.07 Å². The summed E-state index contributed by atoms with van der Waals surface area (Å²) in [4.78, 5) is 0. The van der Waals surface area contributed by atoms with E-state index in [0.717, 1.165) is 24.4 Å². The molecule has 2 aromatic rings. The third-order valence-electron chi connectivity index (χ3n) is 3.53. The summed E-state index contributed by atoms with van der Waals surface area (Å²) in [6.07, 6.45) is 5.13. The van der Waals surface area contributed by atoms with Crippen LogP contribution in [0.4, 0.5) is 11.4 Å². The van der Waals surface area contributed by atoms with Crippen LogP contribution in [0.3, 0.4) is 0 Å². The maximum Gasteiger partial charge on any atom is 0.184 e. The molecule has 6 heteroatoms. The minimum absolute atomic E-state index is 0.609. The van der Waals surface area contributed by atoms with Crippen molar-refractivity contribution in [1.82, 2.24) is 20.2 Å². The number of hydrogen-bond donors (Lipinski definition) is 2. The number of aryl methyl sites for hydroxylation is 1. The zero-order chi connectivity index (χ0) is 13.2. The Labute approximate surface area is 111 Å². The van der Waals surface area contributed by atoms with Gasteiger partial charge in [0, 0.05) is 23.5 Å². The second-order valence-corrected chi connectivity index (χ2v) is 5.16. The second kappa shape index (κ2) is 4.87. The van der Waals surface area contributed by atoms with Crippen molar-refractivity contribution in [2.75, 3.05) is 11.5 Å². The zero-order valence-electron chi connectivity index (χ0n) is 10.8. The molecule has 0 unspecified atom stereocenters. The Hall–Kier alpha value is -2.11. The molecule has 0 amide bonds. The third-order valence-corrected chi connectivity index (χ3v) is 3.53. The number of aromatic nitrogens is 4. The Morgan fingerprint density at radius 1 is 1.26 bits per heavy atom. The minimum atomic E-state index is 0.609. The molecule has 1 heterocycles. The van der Waals surface area contributed by atoms with Gasteiger partial charge in [-0.3, -0.25) is 0 Å². The van der Waals surface area contributed by atoms with Crippen LogP contribution >= 0.6 is 0 Å². The maximum absolute atomic E-state index is 5.98. The number of nitrogens with two attached hydrogens (primary N) is 2. The van der Waals surface area contributed by atoms with E-state index in [1.165, 1.54) is 19.3 Å². The van der Waals surface area contributed by atoms with Crippen molar-refractivity contribution in [2.45, 2.75) is 32.2 Å². The number of nitrogen functional groups attached to an aromatic ring is 2.